The van der Waals surface area contributed by atoms with Gasteiger partial charge in [-0.2, -0.15) is 0 Å². The average molecular weight is 233 g/mol. The zero-order valence-electron chi connectivity index (χ0n) is 11.7. The van der Waals surface area contributed by atoms with E-state index in [1.54, 1.807) is 0 Å². The van der Waals surface area contributed by atoms with Crippen molar-refractivity contribution in [3.63, 3.8) is 0 Å². The molecule has 0 spiro atoms. The molecule has 0 aliphatic heterocycles. The van der Waals surface area contributed by atoms with Gasteiger partial charge in [0.15, 0.2) is 0 Å². The Labute approximate surface area is 107 Å². The molecule has 1 N–H and O–H groups in total. The van der Waals surface area contributed by atoms with Crippen LogP contribution in [0, 0.1) is 5.92 Å². The van der Waals surface area contributed by atoms with Crippen molar-refractivity contribution in [3.8, 4) is 0 Å². The van der Waals surface area contributed by atoms with Gasteiger partial charge in [0.1, 0.15) is 0 Å². The van der Waals surface area contributed by atoms with Crippen molar-refractivity contribution in [1.29, 1.82) is 0 Å². The van der Waals surface area contributed by atoms with E-state index in [0.29, 0.717) is 12.0 Å². The van der Waals surface area contributed by atoms with E-state index in [1.165, 1.54) is 18.4 Å². The van der Waals surface area contributed by atoms with Gasteiger partial charge in [-0.15, -0.1) is 0 Å². The molecule has 1 aromatic rings. The fraction of sp³-hybridized carbons (Fsp3) is 0.625. The maximum absolute atomic E-state index is 3.68. The maximum Gasteiger partial charge on any atom is 0.00670 e. The van der Waals surface area contributed by atoms with Gasteiger partial charge in [0.05, 0.1) is 0 Å². The van der Waals surface area contributed by atoms with Gasteiger partial charge in [-0.1, -0.05) is 63.9 Å². The van der Waals surface area contributed by atoms with Crippen LogP contribution in [0.4, 0.5) is 0 Å². The van der Waals surface area contributed by atoms with Crippen molar-refractivity contribution in [2.75, 3.05) is 6.54 Å². The summed E-state index contributed by atoms with van der Waals surface area (Å²) < 4.78 is 0. The van der Waals surface area contributed by atoms with E-state index in [1.807, 2.05) is 0 Å². The Balaban J connectivity index is 2.40. The summed E-state index contributed by atoms with van der Waals surface area (Å²) in [5.41, 5.74) is 1.43. The minimum absolute atomic E-state index is 0.591. The van der Waals surface area contributed by atoms with Crippen LogP contribution >= 0.6 is 0 Å². The molecule has 17 heavy (non-hydrogen) atoms. The molecule has 2 unspecified atom stereocenters. The van der Waals surface area contributed by atoms with E-state index in [-0.39, 0.29) is 0 Å². The lowest BCUT2D eigenvalue weighted by molar-refractivity contribution is 0.349. The van der Waals surface area contributed by atoms with Gasteiger partial charge in [-0.25, -0.2) is 0 Å². The zero-order chi connectivity index (χ0) is 12.7. The summed E-state index contributed by atoms with van der Waals surface area (Å²) in [5.74, 6) is 1.39. The third-order valence-corrected chi connectivity index (χ3v) is 3.87. The molecular weight excluding hydrogens is 206 g/mol. The lowest BCUT2D eigenvalue weighted by Crippen LogP contribution is -2.35. The van der Waals surface area contributed by atoms with Crippen LogP contribution in [0.15, 0.2) is 30.3 Å². The van der Waals surface area contributed by atoms with Crippen LogP contribution < -0.4 is 5.32 Å². The highest BCUT2D eigenvalue weighted by atomic mass is 14.9. The normalized spacial score (nSPS) is 14.9. The topological polar surface area (TPSA) is 12.0 Å². The molecule has 1 nitrogen and oxygen atoms in total. The number of nitrogens with one attached hydrogen (secondary N) is 1. The van der Waals surface area contributed by atoms with Crippen LogP contribution in [0.25, 0.3) is 0 Å². The summed E-state index contributed by atoms with van der Waals surface area (Å²) in [6.07, 6.45) is 2.54. The van der Waals surface area contributed by atoms with Gasteiger partial charge in [0.25, 0.3) is 0 Å². The molecule has 96 valence electrons. The van der Waals surface area contributed by atoms with Crippen LogP contribution in [0.3, 0.4) is 0 Å². The Hall–Kier alpha value is -0.820. The summed E-state index contributed by atoms with van der Waals surface area (Å²) >= 11 is 0. The molecule has 0 saturated carbocycles. The fourth-order valence-corrected chi connectivity index (χ4v) is 2.42. The number of rotatable bonds is 7. The quantitative estimate of drug-likeness (QED) is 0.744. The van der Waals surface area contributed by atoms with Crippen molar-refractivity contribution in [1.82, 2.24) is 5.32 Å². The van der Waals surface area contributed by atoms with Crippen molar-refractivity contribution >= 4 is 0 Å². The maximum atomic E-state index is 3.68. The van der Waals surface area contributed by atoms with Crippen LogP contribution in [0.2, 0.25) is 0 Å². The Morgan fingerprint density at radius 2 is 1.59 bits per heavy atom. The number of hydrogen-bond donors (Lipinski definition) is 1. The summed E-state index contributed by atoms with van der Waals surface area (Å²) in [7, 11) is 0. The third kappa shape index (κ3) is 4.51. The van der Waals surface area contributed by atoms with Crippen molar-refractivity contribution in [3.05, 3.63) is 35.9 Å². The van der Waals surface area contributed by atoms with Crippen LogP contribution in [-0.4, -0.2) is 12.6 Å². The number of benzene rings is 1. The van der Waals surface area contributed by atoms with Crippen LogP contribution in [0.1, 0.15) is 52.0 Å². The van der Waals surface area contributed by atoms with Gasteiger partial charge in [-0.05, 0) is 24.3 Å². The second-order valence-electron chi connectivity index (χ2n) is 5.09. The number of hydrogen-bond acceptors (Lipinski definition) is 1. The monoisotopic (exact) mass is 233 g/mol. The van der Waals surface area contributed by atoms with E-state index in [4.69, 9.17) is 0 Å². The standard InChI is InChI=1S/C16H27N/c1-5-15(6-2)14(4)17-12-13(3)16-10-8-7-9-11-16/h7-11,13-15,17H,5-6,12H2,1-4H3. The molecular formula is C16H27N. The second-order valence-corrected chi connectivity index (χ2v) is 5.09. The van der Waals surface area contributed by atoms with Gasteiger partial charge in [-0.3, -0.25) is 0 Å². The third-order valence-electron chi connectivity index (χ3n) is 3.87. The van der Waals surface area contributed by atoms with Gasteiger partial charge in [0.2, 0.25) is 0 Å². The van der Waals surface area contributed by atoms with Crippen molar-refractivity contribution in [2.45, 2.75) is 52.5 Å². The first-order valence-corrected chi connectivity index (χ1v) is 6.97. The summed E-state index contributed by atoms with van der Waals surface area (Å²) in [6.45, 7) is 10.2. The SMILES string of the molecule is CCC(CC)C(C)NCC(C)c1ccccc1. The first kappa shape index (κ1) is 14.2. The summed E-state index contributed by atoms with van der Waals surface area (Å²) in [4.78, 5) is 0. The minimum atomic E-state index is 0.591. The lowest BCUT2D eigenvalue weighted by Gasteiger charge is -2.24. The highest BCUT2D eigenvalue weighted by molar-refractivity contribution is 5.18. The molecule has 0 fully saturated rings. The zero-order valence-corrected chi connectivity index (χ0v) is 11.7. The van der Waals surface area contributed by atoms with Crippen LogP contribution in [-0.2, 0) is 0 Å². The molecule has 0 aromatic heterocycles. The molecule has 0 aliphatic rings. The van der Waals surface area contributed by atoms with Crippen molar-refractivity contribution in [2.24, 2.45) is 5.92 Å². The lowest BCUT2D eigenvalue weighted by atomic mass is 9.94. The summed E-state index contributed by atoms with van der Waals surface area (Å²) in [6, 6.07) is 11.4. The smallest absolute Gasteiger partial charge is 0.00670 e. The predicted molar refractivity (Wildman–Crippen MR) is 76.4 cm³/mol. The van der Waals surface area contributed by atoms with E-state index < -0.39 is 0 Å². The molecule has 1 heteroatoms. The van der Waals surface area contributed by atoms with Gasteiger partial charge < -0.3 is 5.32 Å². The molecule has 0 amide bonds. The first-order valence-electron chi connectivity index (χ1n) is 6.97. The molecule has 0 bridgehead atoms. The Bertz CT molecular complexity index is 290. The fourth-order valence-electron chi connectivity index (χ4n) is 2.42. The first-order chi connectivity index (χ1) is 8.19. The summed E-state index contributed by atoms with van der Waals surface area (Å²) in [5, 5.41) is 3.68. The molecule has 0 heterocycles. The van der Waals surface area contributed by atoms with E-state index in [9.17, 15) is 0 Å². The Morgan fingerprint density at radius 3 is 2.12 bits per heavy atom. The van der Waals surface area contributed by atoms with E-state index in [0.717, 1.165) is 12.5 Å². The Kier molecular flexibility index (Phi) is 6.28. The van der Waals surface area contributed by atoms with Crippen molar-refractivity contribution < 1.29 is 0 Å². The largest absolute Gasteiger partial charge is 0.313 e. The van der Waals surface area contributed by atoms with Crippen LogP contribution in [0.5, 0.6) is 0 Å². The predicted octanol–water partition coefficient (Wildman–Crippen LogP) is 4.20. The van der Waals surface area contributed by atoms with Gasteiger partial charge in [0, 0.05) is 12.6 Å². The molecule has 0 aliphatic carbocycles. The van der Waals surface area contributed by atoms with Gasteiger partial charge >= 0.3 is 0 Å². The van der Waals surface area contributed by atoms with E-state index >= 15 is 0 Å². The average Bonchev–Trinajstić information content (AvgIpc) is 2.38. The highest BCUT2D eigenvalue weighted by Crippen LogP contribution is 2.16. The molecule has 0 radical (unpaired) electrons. The molecule has 1 aromatic carbocycles. The molecule has 1 rings (SSSR count). The highest BCUT2D eigenvalue weighted by Gasteiger charge is 2.14. The van der Waals surface area contributed by atoms with E-state index in [2.05, 4.69) is 63.3 Å². The minimum Gasteiger partial charge on any atom is -0.313 e. The molecule has 0 saturated heterocycles. The molecule has 2 atom stereocenters. The Morgan fingerprint density at radius 1 is 1.00 bits per heavy atom. The second kappa shape index (κ2) is 7.50.